The topological polar surface area (TPSA) is 49.6 Å². The molecule has 0 unspecified atom stereocenters. The highest BCUT2D eigenvalue weighted by Gasteiger charge is 2.22. The van der Waals surface area contributed by atoms with Crippen LogP contribution in [0.5, 0.6) is 0 Å². The molecular weight excluding hydrogens is 250 g/mol. The van der Waals surface area contributed by atoms with Crippen LogP contribution < -0.4 is 5.73 Å². The Morgan fingerprint density at radius 2 is 1.95 bits per heavy atom. The molecule has 0 bridgehead atoms. The molecule has 1 heterocycles. The van der Waals surface area contributed by atoms with Crippen molar-refractivity contribution in [3.8, 4) is 0 Å². The van der Waals surface area contributed by atoms with E-state index in [0.717, 1.165) is 50.1 Å². The van der Waals surface area contributed by atoms with Gasteiger partial charge in [-0.15, -0.1) is 0 Å². The quantitative estimate of drug-likeness (QED) is 0.858. The number of likely N-dealkylation sites (tertiary alicyclic amines) is 1. The Balaban J connectivity index is 2.06. The minimum absolute atomic E-state index is 0.162. The molecule has 110 valence electrons. The molecule has 1 aromatic carbocycles. The number of carbonyl (C=O) groups is 1. The Labute approximate surface area is 121 Å². The van der Waals surface area contributed by atoms with E-state index in [2.05, 4.69) is 6.92 Å². The Kier molecular flexibility index (Phi) is 5.27. The highest BCUT2D eigenvalue weighted by atomic mass is 16.2. The van der Waals surface area contributed by atoms with E-state index in [4.69, 9.17) is 5.73 Å². The van der Waals surface area contributed by atoms with Crippen molar-refractivity contribution in [3.05, 3.63) is 29.8 Å². The van der Waals surface area contributed by atoms with Crippen molar-refractivity contribution in [1.29, 1.82) is 0 Å². The standard InChI is InChI=1S/C16H25N3O/c1-2-10-19(13-14-8-4-5-9-15(14)17)16(20)18-11-6-3-7-12-18/h4-5,8-9H,2-3,6-7,10-13,17H2,1H3. The molecule has 1 fully saturated rings. The summed E-state index contributed by atoms with van der Waals surface area (Å²) in [5.74, 6) is 0. The molecule has 0 aliphatic carbocycles. The van der Waals surface area contributed by atoms with Crippen LogP contribution in [0, 0.1) is 0 Å². The zero-order valence-corrected chi connectivity index (χ0v) is 12.3. The second-order valence-corrected chi connectivity index (χ2v) is 5.45. The van der Waals surface area contributed by atoms with Gasteiger partial charge >= 0.3 is 6.03 Å². The normalized spacial score (nSPS) is 15.2. The van der Waals surface area contributed by atoms with Crippen LogP contribution in [0.4, 0.5) is 10.5 Å². The summed E-state index contributed by atoms with van der Waals surface area (Å²) in [5, 5.41) is 0. The summed E-state index contributed by atoms with van der Waals surface area (Å²) in [6, 6.07) is 7.96. The van der Waals surface area contributed by atoms with Crippen molar-refractivity contribution >= 4 is 11.7 Å². The molecule has 0 radical (unpaired) electrons. The van der Waals surface area contributed by atoms with Crippen molar-refractivity contribution < 1.29 is 4.79 Å². The Morgan fingerprint density at radius 1 is 1.25 bits per heavy atom. The lowest BCUT2D eigenvalue weighted by Crippen LogP contribution is -2.45. The first-order valence-electron chi connectivity index (χ1n) is 7.59. The lowest BCUT2D eigenvalue weighted by molar-refractivity contribution is 0.141. The maximum Gasteiger partial charge on any atom is 0.320 e. The molecule has 4 heteroatoms. The van der Waals surface area contributed by atoms with Gasteiger partial charge in [-0.05, 0) is 37.3 Å². The number of hydrogen-bond acceptors (Lipinski definition) is 2. The fraction of sp³-hybridized carbons (Fsp3) is 0.562. The van der Waals surface area contributed by atoms with Crippen LogP contribution in [0.2, 0.25) is 0 Å². The molecule has 2 rings (SSSR count). The SMILES string of the molecule is CCCN(Cc1ccccc1N)C(=O)N1CCCCC1. The number of benzene rings is 1. The molecule has 1 aromatic rings. The predicted octanol–water partition coefficient (Wildman–Crippen LogP) is 3.09. The lowest BCUT2D eigenvalue weighted by atomic mass is 10.1. The molecule has 0 atom stereocenters. The fourth-order valence-electron chi connectivity index (χ4n) is 2.68. The first-order valence-corrected chi connectivity index (χ1v) is 7.59. The summed E-state index contributed by atoms with van der Waals surface area (Å²) in [6.45, 7) is 5.27. The third-order valence-electron chi connectivity index (χ3n) is 3.81. The van der Waals surface area contributed by atoms with Crippen LogP contribution in [0.1, 0.15) is 38.2 Å². The minimum Gasteiger partial charge on any atom is -0.398 e. The molecule has 0 saturated carbocycles. The number of amides is 2. The number of urea groups is 1. The van der Waals surface area contributed by atoms with Gasteiger partial charge in [0.25, 0.3) is 0 Å². The molecule has 2 N–H and O–H groups in total. The number of piperidine rings is 1. The second kappa shape index (κ2) is 7.17. The van der Waals surface area contributed by atoms with Gasteiger partial charge in [0.2, 0.25) is 0 Å². The van der Waals surface area contributed by atoms with E-state index >= 15 is 0 Å². The fourth-order valence-corrected chi connectivity index (χ4v) is 2.68. The second-order valence-electron chi connectivity index (χ2n) is 5.45. The van der Waals surface area contributed by atoms with Gasteiger partial charge in [-0.1, -0.05) is 25.1 Å². The molecule has 0 aromatic heterocycles. The summed E-state index contributed by atoms with van der Waals surface area (Å²) in [4.78, 5) is 16.5. The summed E-state index contributed by atoms with van der Waals surface area (Å²) in [5.41, 5.74) is 7.79. The van der Waals surface area contributed by atoms with Gasteiger partial charge < -0.3 is 15.5 Å². The maximum absolute atomic E-state index is 12.6. The Bertz CT molecular complexity index is 441. The zero-order chi connectivity index (χ0) is 14.4. The van der Waals surface area contributed by atoms with Gasteiger partial charge in [0.1, 0.15) is 0 Å². The molecule has 1 saturated heterocycles. The van der Waals surface area contributed by atoms with Crippen molar-refractivity contribution in [3.63, 3.8) is 0 Å². The highest BCUT2D eigenvalue weighted by molar-refractivity contribution is 5.74. The first-order chi connectivity index (χ1) is 9.72. The lowest BCUT2D eigenvalue weighted by Gasteiger charge is -2.33. The minimum atomic E-state index is 0.162. The monoisotopic (exact) mass is 275 g/mol. The summed E-state index contributed by atoms with van der Waals surface area (Å²) in [6.07, 6.45) is 4.45. The van der Waals surface area contributed by atoms with Crippen LogP contribution >= 0.6 is 0 Å². The molecule has 2 amide bonds. The van der Waals surface area contributed by atoms with Gasteiger partial charge in [0.05, 0.1) is 0 Å². The Hall–Kier alpha value is -1.71. The number of rotatable bonds is 4. The Morgan fingerprint density at radius 3 is 2.60 bits per heavy atom. The van der Waals surface area contributed by atoms with Gasteiger partial charge in [-0.3, -0.25) is 0 Å². The molecule has 4 nitrogen and oxygen atoms in total. The van der Waals surface area contributed by atoms with E-state index in [-0.39, 0.29) is 6.03 Å². The van der Waals surface area contributed by atoms with E-state index in [1.807, 2.05) is 34.1 Å². The van der Waals surface area contributed by atoms with Crippen LogP contribution in [0.15, 0.2) is 24.3 Å². The molecule has 1 aliphatic rings. The van der Waals surface area contributed by atoms with Gasteiger partial charge in [0, 0.05) is 31.9 Å². The molecule has 20 heavy (non-hydrogen) atoms. The van der Waals surface area contributed by atoms with Crippen LogP contribution in [0.3, 0.4) is 0 Å². The molecule has 1 aliphatic heterocycles. The first kappa shape index (κ1) is 14.7. The van der Waals surface area contributed by atoms with E-state index in [0.29, 0.717) is 6.54 Å². The number of hydrogen-bond donors (Lipinski definition) is 1. The van der Waals surface area contributed by atoms with E-state index in [9.17, 15) is 4.79 Å². The van der Waals surface area contributed by atoms with Gasteiger partial charge in [-0.2, -0.15) is 0 Å². The van der Waals surface area contributed by atoms with Crippen molar-refractivity contribution in [2.45, 2.75) is 39.2 Å². The van der Waals surface area contributed by atoms with Crippen LogP contribution in [0.25, 0.3) is 0 Å². The van der Waals surface area contributed by atoms with E-state index in [1.165, 1.54) is 6.42 Å². The third-order valence-corrected chi connectivity index (χ3v) is 3.81. The highest BCUT2D eigenvalue weighted by Crippen LogP contribution is 2.17. The smallest absolute Gasteiger partial charge is 0.320 e. The number of nitrogens with two attached hydrogens (primary N) is 1. The van der Waals surface area contributed by atoms with Crippen LogP contribution in [-0.4, -0.2) is 35.5 Å². The van der Waals surface area contributed by atoms with Crippen molar-refractivity contribution in [1.82, 2.24) is 9.80 Å². The molecule has 0 spiro atoms. The average molecular weight is 275 g/mol. The maximum atomic E-state index is 12.6. The van der Waals surface area contributed by atoms with Gasteiger partial charge in [0.15, 0.2) is 0 Å². The van der Waals surface area contributed by atoms with Gasteiger partial charge in [-0.25, -0.2) is 4.79 Å². The number of anilines is 1. The number of nitrogen functional groups attached to an aromatic ring is 1. The molecular formula is C16H25N3O. The van der Waals surface area contributed by atoms with Crippen LogP contribution in [-0.2, 0) is 6.54 Å². The summed E-state index contributed by atoms with van der Waals surface area (Å²) >= 11 is 0. The summed E-state index contributed by atoms with van der Waals surface area (Å²) in [7, 11) is 0. The zero-order valence-electron chi connectivity index (χ0n) is 12.3. The van der Waals surface area contributed by atoms with E-state index in [1.54, 1.807) is 0 Å². The average Bonchev–Trinajstić information content (AvgIpc) is 2.49. The van der Waals surface area contributed by atoms with Crippen molar-refractivity contribution in [2.75, 3.05) is 25.4 Å². The van der Waals surface area contributed by atoms with Crippen molar-refractivity contribution in [2.24, 2.45) is 0 Å². The summed E-state index contributed by atoms with van der Waals surface area (Å²) < 4.78 is 0. The third kappa shape index (κ3) is 3.65. The largest absolute Gasteiger partial charge is 0.398 e. The number of nitrogens with zero attached hydrogens (tertiary/aromatic N) is 2. The number of carbonyl (C=O) groups excluding carboxylic acids is 1. The number of para-hydroxylation sites is 1. The van der Waals surface area contributed by atoms with E-state index < -0.39 is 0 Å². The predicted molar refractivity (Wildman–Crippen MR) is 82.4 cm³/mol.